The van der Waals surface area contributed by atoms with Crippen LogP contribution in [0.3, 0.4) is 0 Å². The zero-order valence-corrected chi connectivity index (χ0v) is 7.25. The fourth-order valence-electron chi connectivity index (χ4n) is 1.16. The Balaban J connectivity index is 2.76. The van der Waals surface area contributed by atoms with Gasteiger partial charge in [-0.1, -0.05) is 10.7 Å². The van der Waals surface area contributed by atoms with Crippen molar-refractivity contribution in [2.24, 2.45) is 0 Å². The molecule has 0 amide bonds. The van der Waals surface area contributed by atoms with Crippen LogP contribution in [0.5, 0.6) is 0 Å². The monoisotopic (exact) mass is 190 g/mol. The summed E-state index contributed by atoms with van der Waals surface area (Å²) in [6, 6.07) is 6.57. The largest absolute Gasteiger partial charge is 0.383 e. The summed E-state index contributed by atoms with van der Waals surface area (Å²) < 4.78 is 2.42. The number of nitrogens with one attached hydrogen (secondary N) is 1. The van der Waals surface area contributed by atoms with Crippen LogP contribution in [-0.2, 0) is 0 Å². The van der Waals surface area contributed by atoms with Crippen molar-refractivity contribution < 1.29 is 4.68 Å². The summed E-state index contributed by atoms with van der Waals surface area (Å²) in [6.45, 7) is 0. The zero-order valence-electron chi connectivity index (χ0n) is 7.25. The van der Waals surface area contributed by atoms with Gasteiger partial charge in [0.1, 0.15) is 0 Å². The predicted molar refractivity (Wildman–Crippen MR) is 48.8 cm³/mol. The van der Waals surface area contributed by atoms with Crippen LogP contribution in [0.15, 0.2) is 52.4 Å². The van der Waals surface area contributed by atoms with Crippen LogP contribution in [0.1, 0.15) is 0 Å². The van der Waals surface area contributed by atoms with Crippen LogP contribution >= 0.6 is 0 Å². The highest BCUT2D eigenvalue weighted by Crippen LogP contribution is 1.74. The molecule has 0 saturated carbocycles. The van der Waals surface area contributed by atoms with Gasteiger partial charge >= 0.3 is 11.2 Å². The lowest BCUT2D eigenvalue weighted by Crippen LogP contribution is -2.55. The Morgan fingerprint density at radius 2 is 1.86 bits per heavy atom. The van der Waals surface area contributed by atoms with Crippen molar-refractivity contribution in [3.63, 3.8) is 0 Å². The maximum Gasteiger partial charge on any atom is 0.383 e. The topological polar surface area (TPSA) is 58.7 Å². The average Bonchev–Trinajstić information content (AvgIpc) is 2.19. The van der Waals surface area contributed by atoms with Gasteiger partial charge in [0, 0.05) is 24.4 Å². The molecule has 0 bridgehead atoms. The molecule has 0 atom stereocenters. The van der Waals surface area contributed by atoms with Gasteiger partial charge < -0.3 is 4.98 Å². The van der Waals surface area contributed by atoms with E-state index in [2.05, 4.69) is 4.98 Å². The smallest absolute Gasteiger partial charge is 0.310 e. The molecule has 0 spiro atoms. The second-order valence-corrected chi connectivity index (χ2v) is 2.69. The summed E-state index contributed by atoms with van der Waals surface area (Å²) >= 11 is 0. The van der Waals surface area contributed by atoms with E-state index < -0.39 is 5.69 Å². The van der Waals surface area contributed by atoms with Crippen molar-refractivity contribution in [1.29, 1.82) is 0 Å². The second kappa shape index (κ2) is 3.29. The molecule has 14 heavy (non-hydrogen) atoms. The normalized spacial score (nSPS) is 10.0. The highest BCUT2D eigenvalue weighted by atomic mass is 16.2. The molecule has 2 rings (SSSR count). The van der Waals surface area contributed by atoms with Crippen LogP contribution in [0.25, 0.3) is 0 Å². The first-order valence-corrected chi connectivity index (χ1v) is 4.07. The molecule has 2 heterocycles. The van der Waals surface area contributed by atoms with Gasteiger partial charge in [-0.2, -0.15) is 0 Å². The molecule has 0 radical (unpaired) electrons. The van der Waals surface area contributed by atoms with Crippen molar-refractivity contribution in [2.45, 2.75) is 0 Å². The van der Waals surface area contributed by atoms with E-state index in [9.17, 15) is 9.59 Å². The van der Waals surface area contributed by atoms with Crippen molar-refractivity contribution in [3.8, 4) is 0 Å². The lowest BCUT2D eigenvalue weighted by Gasteiger charge is -1.94. The van der Waals surface area contributed by atoms with E-state index in [4.69, 9.17) is 0 Å². The number of rotatable bonds is 1. The first-order chi connectivity index (χ1) is 6.79. The fourth-order valence-corrected chi connectivity index (χ4v) is 1.16. The molecule has 5 heteroatoms. The molecule has 0 unspecified atom stereocenters. The standard InChI is InChI=1S/C9H7N3O2/c13-8-4-5-10-9(14)12(8)11-6-2-1-3-7-11/h1-7H/p+1. The molecular formula is C9H8N3O2+. The molecule has 0 aromatic carbocycles. The van der Waals surface area contributed by atoms with Gasteiger partial charge in [0.15, 0.2) is 0 Å². The summed E-state index contributed by atoms with van der Waals surface area (Å²) in [4.78, 5) is 25.1. The molecule has 0 aliphatic rings. The molecule has 0 aliphatic carbocycles. The van der Waals surface area contributed by atoms with Crippen LogP contribution in [0, 0.1) is 0 Å². The number of hydrogen-bond donors (Lipinski definition) is 1. The summed E-state index contributed by atoms with van der Waals surface area (Å²) in [5.41, 5.74) is -0.835. The van der Waals surface area contributed by atoms with Crippen LogP contribution in [0.2, 0.25) is 0 Å². The van der Waals surface area contributed by atoms with Gasteiger partial charge in [0.2, 0.25) is 12.4 Å². The number of aromatic amines is 1. The zero-order chi connectivity index (χ0) is 9.97. The SMILES string of the molecule is O=c1cc[nH]c(=O)n1-[n+]1ccccc1. The summed E-state index contributed by atoms with van der Waals surface area (Å²) in [6.07, 6.45) is 4.57. The van der Waals surface area contributed by atoms with E-state index in [1.165, 1.54) is 16.9 Å². The van der Waals surface area contributed by atoms with Crippen LogP contribution < -0.4 is 15.9 Å². The Labute approximate surface area is 78.9 Å². The first-order valence-electron chi connectivity index (χ1n) is 4.07. The van der Waals surface area contributed by atoms with Crippen molar-refractivity contribution in [2.75, 3.05) is 0 Å². The lowest BCUT2D eigenvalue weighted by atomic mass is 10.5. The average molecular weight is 190 g/mol. The molecule has 0 fully saturated rings. The van der Waals surface area contributed by atoms with Gasteiger partial charge in [-0.05, 0) is 4.68 Å². The molecule has 0 saturated heterocycles. The third kappa shape index (κ3) is 1.35. The Morgan fingerprint density at radius 3 is 2.50 bits per heavy atom. The quantitative estimate of drug-likeness (QED) is 0.594. The Morgan fingerprint density at radius 1 is 1.14 bits per heavy atom. The Bertz CT molecular complexity index is 513. The van der Waals surface area contributed by atoms with Crippen LogP contribution in [-0.4, -0.2) is 9.66 Å². The number of nitrogens with zero attached hydrogens (tertiary/aromatic N) is 2. The molecule has 5 nitrogen and oxygen atoms in total. The van der Waals surface area contributed by atoms with Gasteiger partial charge in [-0.3, -0.25) is 4.79 Å². The van der Waals surface area contributed by atoms with E-state index in [1.807, 2.05) is 0 Å². The summed E-state index contributed by atoms with van der Waals surface area (Å²) in [5.74, 6) is 0. The Hall–Kier alpha value is -2.17. The van der Waals surface area contributed by atoms with E-state index in [-0.39, 0.29) is 5.56 Å². The predicted octanol–water partition coefficient (Wildman–Crippen LogP) is -0.864. The minimum Gasteiger partial charge on any atom is -0.310 e. The number of aromatic nitrogens is 3. The van der Waals surface area contributed by atoms with Crippen LogP contribution in [0.4, 0.5) is 0 Å². The molecule has 2 aromatic rings. The highest BCUT2D eigenvalue weighted by molar-refractivity contribution is 4.85. The molecule has 70 valence electrons. The van der Waals surface area contributed by atoms with E-state index in [0.717, 1.165) is 4.68 Å². The summed E-state index contributed by atoms with van der Waals surface area (Å²) in [5, 5.41) is 0. The second-order valence-electron chi connectivity index (χ2n) is 2.69. The highest BCUT2D eigenvalue weighted by Gasteiger charge is 2.08. The molecule has 2 aromatic heterocycles. The van der Waals surface area contributed by atoms with Gasteiger partial charge in [0.05, 0.1) is 0 Å². The first kappa shape index (κ1) is 8.43. The molecular weight excluding hydrogens is 182 g/mol. The maximum absolute atomic E-state index is 11.4. The maximum atomic E-state index is 11.4. The van der Waals surface area contributed by atoms with Crippen molar-refractivity contribution in [3.05, 3.63) is 63.7 Å². The van der Waals surface area contributed by atoms with Gasteiger partial charge in [-0.25, -0.2) is 4.79 Å². The van der Waals surface area contributed by atoms with Gasteiger partial charge in [0.25, 0.3) is 0 Å². The van der Waals surface area contributed by atoms with Crippen molar-refractivity contribution >= 4 is 0 Å². The molecule has 0 aliphatic heterocycles. The fraction of sp³-hybridized carbons (Fsp3) is 0. The Kier molecular flexibility index (Phi) is 1.98. The minimum atomic E-state index is -0.464. The third-order valence-electron chi connectivity index (χ3n) is 1.76. The number of pyridine rings is 1. The van der Waals surface area contributed by atoms with E-state index in [0.29, 0.717) is 0 Å². The molecule has 1 N–H and O–H groups in total. The van der Waals surface area contributed by atoms with E-state index >= 15 is 0 Å². The van der Waals surface area contributed by atoms with Crippen molar-refractivity contribution in [1.82, 2.24) is 9.66 Å². The van der Waals surface area contributed by atoms with E-state index in [1.54, 1.807) is 30.6 Å². The van der Waals surface area contributed by atoms with Gasteiger partial charge in [-0.15, -0.1) is 0 Å². The summed E-state index contributed by atoms with van der Waals surface area (Å²) in [7, 11) is 0. The lowest BCUT2D eigenvalue weighted by molar-refractivity contribution is -0.732. The number of H-pyrrole nitrogens is 1. The minimum absolute atomic E-state index is 0.370. The third-order valence-corrected chi connectivity index (χ3v) is 1.76. The number of hydrogen-bond acceptors (Lipinski definition) is 2.